The molecule has 0 spiro atoms. The van der Waals surface area contributed by atoms with E-state index in [1.807, 2.05) is 4.68 Å². The molecule has 0 aliphatic heterocycles. The van der Waals surface area contributed by atoms with Gasteiger partial charge in [0.25, 0.3) is 0 Å². The monoisotopic (exact) mass is 203 g/mol. The van der Waals surface area contributed by atoms with Gasteiger partial charge in [-0.1, -0.05) is 12.1 Å². The lowest BCUT2D eigenvalue weighted by molar-refractivity contribution is 0.676. The maximum absolute atomic E-state index is 5.56. The number of benzene rings is 1. The van der Waals surface area contributed by atoms with Gasteiger partial charge in [0.05, 0.1) is 11.2 Å². The van der Waals surface area contributed by atoms with Crippen molar-refractivity contribution in [3.05, 3.63) is 29.5 Å². The van der Waals surface area contributed by atoms with Crippen molar-refractivity contribution < 1.29 is 0 Å². The van der Waals surface area contributed by atoms with Gasteiger partial charge in [-0.3, -0.25) is 4.68 Å². The molecule has 1 aromatic carbocycles. The van der Waals surface area contributed by atoms with E-state index in [2.05, 4.69) is 37.1 Å². The van der Waals surface area contributed by atoms with Crippen LogP contribution in [0.4, 0.5) is 0 Å². The minimum absolute atomic E-state index is 0.699. The first kappa shape index (κ1) is 10.2. The van der Waals surface area contributed by atoms with Crippen LogP contribution in [0.5, 0.6) is 0 Å². The van der Waals surface area contributed by atoms with Crippen molar-refractivity contribution >= 4 is 10.9 Å². The molecule has 0 bridgehead atoms. The minimum Gasteiger partial charge on any atom is -0.330 e. The van der Waals surface area contributed by atoms with E-state index < -0.39 is 0 Å². The zero-order valence-corrected chi connectivity index (χ0v) is 9.33. The molecule has 0 aliphatic rings. The van der Waals surface area contributed by atoms with Crippen LogP contribution >= 0.6 is 0 Å². The predicted molar refractivity (Wildman–Crippen MR) is 62.9 cm³/mol. The Bertz CT molecular complexity index is 471. The molecule has 1 aromatic heterocycles. The topological polar surface area (TPSA) is 43.8 Å². The van der Waals surface area contributed by atoms with Gasteiger partial charge >= 0.3 is 0 Å². The summed E-state index contributed by atoms with van der Waals surface area (Å²) in [7, 11) is 0. The zero-order valence-electron chi connectivity index (χ0n) is 9.33. The van der Waals surface area contributed by atoms with E-state index in [9.17, 15) is 0 Å². The summed E-state index contributed by atoms with van der Waals surface area (Å²) in [5.74, 6) is 0. The van der Waals surface area contributed by atoms with Crippen LogP contribution in [-0.2, 0) is 13.0 Å². The number of aryl methyl sites for hydroxylation is 2. The van der Waals surface area contributed by atoms with Crippen molar-refractivity contribution in [3.8, 4) is 0 Å². The Balaban J connectivity index is 2.58. The highest BCUT2D eigenvalue weighted by Gasteiger charge is 2.06. The molecule has 0 saturated heterocycles. The molecule has 3 nitrogen and oxygen atoms in total. The summed E-state index contributed by atoms with van der Waals surface area (Å²) in [6.45, 7) is 5.78. The number of aromatic nitrogens is 2. The quantitative estimate of drug-likeness (QED) is 0.827. The van der Waals surface area contributed by atoms with E-state index in [0.717, 1.165) is 18.7 Å². The summed E-state index contributed by atoms with van der Waals surface area (Å²) >= 11 is 0. The van der Waals surface area contributed by atoms with Crippen LogP contribution in [0.15, 0.2) is 18.2 Å². The third kappa shape index (κ3) is 1.75. The molecule has 80 valence electrons. The molecule has 1 heterocycles. The first-order valence-corrected chi connectivity index (χ1v) is 5.42. The molecule has 0 aliphatic carbocycles. The molecule has 0 radical (unpaired) electrons. The summed E-state index contributed by atoms with van der Waals surface area (Å²) < 4.78 is 2.05. The highest BCUT2D eigenvalue weighted by Crippen LogP contribution is 2.19. The molecule has 0 fully saturated rings. The van der Waals surface area contributed by atoms with E-state index in [1.165, 1.54) is 16.5 Å². The Morgan fingerprint density at radius 3 is 2.87 bits per heavy atom. The van der Waals surface area contributed by atoms with E-state index in [1.54, 1.807) is 0 Å². The second kappa shape index (κ2) is 4.03. The first-order valence-electron chi connectivity index (χ1n) is 5.42. The lowest BCUT2D eigenvalue weighted by Crippen LogP contribution is -2.03. The average molecular weight is 203 g/mol. The van der Waals surface area contributed by atoms with E-state index in [0.29, 0.717) is 6.54 Å². The van der Waals surface area contributed by atoms with Crippen LogP contribution in [0, 0.1) is 6.92 Å². The van der Waals surface area contributed by atoms with Gasteiger partial charge in [-0.2, -0.15) is 5.10 Å². The highest BCUT2D eigenvalue weighted by atomic mass is 15.3. The molecule has 0 atom stereocenters. The van der Waals surface area contributed by atoms with Crippen molar-refractivity contribution in [1.29, 1.82) is 0 Å². The van der Waals surface area contributed by atoms with Crippen molar-refractivity contribution in [2.45, 2.75) is 26.8 Å². The molecular weight excluding hydrogens is 186 g/mol. The summed E-state index contributed by atoms with van der Waals surface area (Å²) in [5, 5.41) is 5.74. The van der Waals surface area contributed by atoms with Crippen molar-refractivity contribution in [2.75, 3.05) is 6.54 Å². The second-order valence-corrected chi connectivity index (χ2v) is 3.79. The fourth-order valence-corrected chi connectivity index (χ4v) is 1.95. The zero-order chi connectivity index (χ0) is 10.8. The van der Waals surface area contributed by atoms with E-state index in [-0.39, 0.29) is 0 Å². The Kier molecular flexibility index (Phi) is 2.73. The maximum Gasteiger partial charge on any atom is 0.0687 e. The molecule has 0 unspecified atom stereocenters. The predicted octanol–water partition coefficient (Wildman–Crippen LogP) is 1.87. The van der Waals surface area contributed by atoms with Crippen molar-refractivity contribution in [1.82, 2.24) is 9.78 Å². The van der Waals surface area contributed by atoms with Gasteiger partial charge < -0.3 is 5.73 Å². The number of rotatable bonds is 3. The first-order chi connectivity index (χ1) is 7.26. The number of hydrogen-bond acceptors (Lipinski definition) is 2. The smallest absolute Gasteiger partial charge is 0.0687 e. The Morgan fingerprint density at radius 1 is 1.40 bits per heavy atom. The van der Waals surface area contributed by atoms with Crippen molar-refractivity contribution in [2.24, 2.45) is 5.73 Å². The molecule has 2 N–H and O–H groups in total. The highest BCUT2D eigenvalue weighted by molar-refractivity contribution is 5.82. The SMILES string of the molecule is CCn1nc(C)c2ccc(CCN)cc21. The largest absolute Gasteiger partial charge is 0.330 e. The standard InChI is InChI=1S/C12H17N3/c1-3-15-12-8-10(6-7-13)4-5-11(12)9(2)14-15/h4-5,8H,3,6-7,13H2,1-2H3. The van der Waals surface area contributed by atoms with Crippen LogP contribution in [0.3, 0.4) is 0 Å². The van der Waals surface area contributed by atoms with Crippen LogP contribution in [0.1, 0.15) is 18.2 Å². The lowest BCUT2D eigenvalue weighted by Gasteiger charge is -2.01. The molecular formula is C12H17N3. The third-order valence-electron chi connectivity index (χ3n) is 2.73. The Hall–Kier alpha value is -1.35. The van der Waals surface area contributed by atoms with E-state index in [4.69, 9.17) is 5.73 Å². The Morgan fingerprint density at radius 2 is 2.20 bits per heavy atom. The fourth-order valence-electron chi connectivity index (χ4n) is 1.95. The van der Waals surface area contributed by atoms with Gasteiger partial charge in [-0.05, 0) is 38.4 Å². The molecule has 3 heteroatoms. The molecule has 15 heavy (non-hydrogen) atoms. The van der Waals surface area contributed by atoms with Gasteiger partial charge in [0, 0.05) is 11.9 Å². The average Bonchev–Trinajstić information content (AvgIpc) is 2.56. The number of hydrogen-bond donors (Lipinski definition) is 1. The van der Waals surface area contributed by atoms with Crippen LogP contribution < -0.4 is 5.73 Å². The van der Waals surface area contributed by atoms with E-state index >= 15 is 0 Å². The third-order valence-corrected chi connectivity index (χ3v) is 2.73. The van der Waals surface area contributed by atoms with Crippen LogP contribution in [0.2, 0.25) is 0 Å². The minimum atomic E-state index is 0.699. The van der Waals surface area contributed by atoms with Crippen LogP contribution in [-0.4, -0.2) is 16.3 Å². The van der Waals surface area contributed by atoms with Gasteiger partial charge in [-0.25, -0.2) is 0 Å². The number of nitrogens with two attached hydrogens (primary N) is 1. The summed E-state index contributed by atoms with van der Waals surface area (Å²) in [4.78, 5) is 0. The summed E-state index contributed by atoms with van der Waals surface area (Å²) in [6.07, 6.45) is 0.934. The fraction of sp³-hybridized carbons (Fsp3) is 0.417. The molecule has 2 aromatic rings. The molecule has 0 amide bonds. The number of nitrogens with zero attached hydrogens (tertiary/aromatic N) is 2. The lowest BCUT2D eigenvalue weighted by atomic mass is 10.1. The summed E-state index contributed by atoms with van der Waals surface area (Å²) in [5.41, 5.74) is 9.18. The van der Waals surface area contributed by atoms with Gasteiger partial charge in [0.2, 0.25) is 0 Å². The van der Waals surface area contributed by atoms with Crippen molar-refractivity contribution in [3.63, 3.8) is 0 Å². The number of fused-ring (bicyclic) bond motifs is 1. The molecule has 0 saturated carbocycles. The normalized spacial score (nSPS) is 11.1. The summed E-state index contributed by atoms with van der Waals surface area (Å²) in [6, 6.07) is 6.49. The van der Waals surface area contributed by atoms with Gasteiger partial charge in [-0.15, -0.1) is 0 Å². The Labute approximate surface area is 89.9 Å². The van der Waals surface area contributed by atoms with Gasteiger partial charge in [0.15, 0.2) is 0 Å². The molecule has 2 rings (SSSR count). The van der Waals surface area contributed by atoms with Crippen LogP contribution in [0.25, 0.3) is 10.9 Å². The van der Waals surface area contributed by atoms with Gasteiger partial charge in [0.1, 0.15) is 0 Å². The maximum atomic E-state index is 5.56. The second-order valence-electron chi connectivity index (χ2n) is 3.79.